The van der Waals surface area contributed by atoms with Gasteiger partial charge in [0, 0.05) is 18.3 Å². The van der Waals surface area contributed by atoms with E-state index >= 15 is 0 Å². The molecule has 0 bridgehead atoms. The van der Waals surface area contributed by atoms with Gasteiger partial charge in [-0.25, -0.2) is 0 Å². The third-order valence-corrected chi connectivity index (χ3v) is 13.6. The zero-order chi connectivity index (χ0) is 29.1. The SMILES string of the molecule is CC(=O)O[C@@H]1CC[C@@]2(C)[C@@H](CC[C@]3(C)[C@@H]2C(=O)C=C2[C@@H]4[C@@H](C)[C@H](C)[C@@H](O)C[C@]4(C)C[C@H](O)[C@]23C)[C@@]1(C)C(=O)O. The number of aliphatic hydroxyl groups is 2. The molecule has 0 aliphatic heterocycles. The van der Waals surface area contributed by atoms with Crippen molar-refractivity contribution in [3.05, 3.63) is 11.6 Å². The first kappa shape index (κ1) is 28.8. The van der Waals surface area contributed by atoms with Gasteiger partial charge in [0.25, 0.3) is 0 Å². The topological polar surface area (TPSA) is 121 Å². The summed E-state index contributed by atoms with van der Waals surface area (Å²) in [6, 6.07) is 0. The van der Waals surface area contributed by atoms with Crippen molar-refractivity contribution < 1.29 is 34.4 Å². The number of rotatable bonds is 2. The van der Waals surface area contributed by atoms with Gasteiger partial charge in [-0.15, -0.1) is 0 Å². The summed E-state index contributed by atoms with van der Waals surface area (Å²) in [6.07, 6.45) is 3.32. The maximum absolute atomic E-state index is 14.4. The Morgan fingerprint density at radius 3 is 2.21 bits per heavy atom. The van der Waals surface area contributed by atoms with Crippen LogP contribution in [0.4, 0.5) is 0 Å². The standard InChI is InChI=1S/C32H48O7/c1-16-17(2)25-19-13-20(34)26-29(5)11-10-24(39-18(3)33)31(7,27(37)38)22(29)9-12-30(26,6)32(19,8)23(36)15-28(25,4)14-21(16)35/h13,16-17,21-26,35-36H,9-12,14-15H2,1-8H3,(H,37,38)/t16-,17-,21-,22+,23-,24+,25-,26+,28+,29-,30+,31+,32-/m0/s1. The lowest BCUT2D eigenvalue weighted by Crippen LogP contribution is -2.71. The van der Waals surface area contributed by atoms with Gasteiger partial charge in [0.15, 0.2) is 5.78 Å². The maximum atomic E-state index is 14.4. The zero-order valence-corrected chi connectivity index (χ0v) is 24.9. The second-order valence-electron chi connectivity index (χ2n) is 15.2. The van der Waals surface area contributed by atoms with Gasteiger partial charge in [0.05, 0.1) is 12.2 Å². The van der Waals surface area contributed by atoms with Gasteiger partial charge < -0.3 is 20.1 Å². The third-order valence-electron chi connectivity index (χ3n) is 13.6. The van der Waals surface area contributed by atoms with Gasteiger partial charge in [0.2, 0.25) is 0 Å². The van der Waals surface area contributed by atoms with Crippen LogP contribution in [-0.4, -0.2) is 51.4 Å². The van der Waals surface area contributed by atoms with Crippen molar-refractivity contribution in [2.45, 2.75) is 112 Å². The summed E-state index contributed by atoms with van der Waals surface area (Å²) in [5.41, 5.74) is -2.40. The lowest BCUT2D eigenvalue weighted by atomic mass is 9.32. The van der Waals surface area contributed by atoms with Crippen LogP contribution >= 0.6 is 0 Å². The number of ether oxygens (including phenoxy) is 1. The highest BCUT2D eigenvalue weighted by atomic mass is 16.5. The van der Waals surface area contributed by atoms with E-state index in [4.69, 9.17) is 4.74 Å². The highest BCUT2D eigenvalue weighted by Gasteiger charge is 2.74. The molecule has 0 spiro atoms. The normalized spacial score (nSPS) is 54.8. The van der Waals surface area contributed by atoms with Crippen LogP contribution < -0.4 is 0 Å². The quantitative estimate of drug-likeness (QED) is 0.428. The molecule has 5 rings (SSSR count). The molecule has 0 aromatic heterocycles. The molecule has 7 heteroatoms. The minimum atomic E-state index is -1.31. The van der Waals surface area contributed by atoms with Gasteiger partial charge in [-0.05, 0) is 91.4 Å². The molecule has 0 heterocycles. The molecule has 5 aliphatic rings. The third kappa shape index (κ3) is 3.44. The molecule has 0 saturated heterocycles. The maximum Gasteiger partial charge on any atom is 0.313 e. The van der Waals surface area contributed by atoms with Gasteiger partial charge in [0.1, 0.15) is 11.5 Å². The van der Waals surface area contributed by atoms with E-state index < -0.39 is 57.8 Å². The number of carbonyl (C=O) groups excluding carboxylic acids is 2. The number of aliphatic carboxylic acids is 1. The Hall–Kier alpha value is -1.73. The van der Waals surface area contributed by atoms with E-state index in [1.54, 1.807) is 6.92 Å². The van der Waals surface area contributed by atoms with Crippen LogP contribution in [0.2, 0.25) is 0 Å². The highest BCUT2D eigenvalue weighted by molar-refractivity contribution is 5.96. The summed E-state index contributed by atoms with van der Waals surface area (Å²) >= 11 is 0. The molecule has 0 aromatic carbocycles. The second-order valence-corrected chi connectivity index (χ2v) is 15.2. The van der Waals surface area contributed by atoms with Crippen LogP contribution in [0.1, 0.15) is 93.9 Å². The first-order valence-corrected chi connectivity index (χ1v) is 14.9. The molecule has 0 aromatic rings. The van der Waals surface area contributed by atoms with E-state index in [2.05, 4.69) is 41.5 Å². The molecule has 13 atom stereocenters. The molecule has 39 heavy (non-hydrogen) atoms. The number of allylic oxidation sites excluding steroid dienone is 1. The molecule has 4 saturated carbocycles. The molecule has 0 amide bonds. The van der Waals surface area contributed by atoms with E-state index in [9.17, 15) is 29.7 Å². The van der Waals surface area contributed by atoms with Crippen molar-refractivity contribution in [2.24, 2.45) is 56.7 Å². The Bertz CT molecular complexity index is 1130. The Balaban J connectivity index is 1.65. The van der Waals surface area contributed by atoms with Crippen LogP contribution in [-0.2, 0) is 19.1 Å². The van der Waals surface area contributed by atoms with Gasteiger partial charge in [-0.3, -0.25) is 14.4 Å². The van der Waals surface area contributed by atoms with Crippen LogP contribution in [0.3, 0.4) is 0 Å². The highest BCUT2D eigenvalue weighted by Crippen LogP contribution is 2.75. The van der Waals surface area contributed by atoms with E-state index in [-0.39, 0.29) is 34.9 Å². The first-order chi connectivity index (χ1) is 17.9. The number of hydrogen-bond donors (Lipinski definition) is 3. The predicted octanol–water partition coefficient (Wildman–Crippen LogP) is 4.78. The summed E-state index contributed by atoms with van der Waals surface area (Å²) < 4.78 is 5.60. The largest absolute Gasteiger partial charge is 0.481 e. The molecule has 0 radical (unpaired) electrons. The van der Waals surface area contributed by atoms with Crippen molar-refractivity contribution in [2.75, 3.05) is 0 Å². The lowest BCUT2D eigenvalue weighted by Gasteiger charge is -2.71. The molecule has 7 nitrogen and oxygen atoms in total. The number of carboxylic acid groups (broad SMARTS) is 1. The molecular weight excluding hydrogens is 496 g/mol. The van der Waals surface area contributed by atoms with Gasteiger partial charge >= 0.3 is 11.9 Å². The fraction of sp³-hybridized carbons (Fsp3) is 0.844. The average molecular weight is 545 g/mol. The first-order valence-electron chi connectivity index (χ1n) is 14.9. The minimum Gasteiger partial charge on any atom is -0.481 e. The second kappa shape index (κ2) is 8.64. The smallest absolute Gasteiger partial charge is 0.313 e. The Labute approximate surface area is 232 Å². The summed E-state index contributed by atoms with van der Waals surface area (Å²) in [4.78, 5) is 39.2. The van der Waals surface area contributed by atoms with Crippen molar-refractivity contribution in [1.82, 2.24) is 0 Å². The average Bonchev–Trinajstić information content (AvgIpc) is 2.81. The molecular formula is C32H48O7. The van der Waals surface area contributed by atoms with Crippen LogP contribution in [0.5, 0.6) is 0 Å². The van der Waals surface area contributed by atoms with Crippen molar-refractivity contribution in [3.63, 3.8) is 0 Å². The Kier molecular flexibility index (Phi) is 6.38. The number of carbonyl (C=O) groups is 3. The fourth-order valence-corrected chi connectivity index (χ4v) is 11.3. The van der Waals surface area contributed by atoms with E-state index in [0.29, 0.717) is 38.5 Å². The molecule has 4 fully saturated rings. The lowest BCUT2D eigenvalue weighted by molar-refractivity contribution is -0.233. The number of aliphatic hydroxyl groups excluding tert-OH is 2. The Morgan fingerprint density at radius 1 is 0.974 bits per heavy atom. The number of hydrogen-bond acceptors (Lipinski definition) is 6. The van der Waals surface area contributed by atoms with Crippen molar-refractivity contribution >= 4 is 17.7 Å². The summed E-state index contributed by atoms with van der Waals surface area (Å²) in [7, 11) is 0. The van der Waals surface area contributed by atoms with E-state index in [1.165, 1.54) is 6.92 Å². The number of carboxylic acids is 1. The summed E-state index contributed by atoms with van der Waals surface area (Å²) in [5.74, 6) is -1.91. The van der Waals surface area contributed by atoms with Gasteiger partial charge in [-0.1, -0.05) is 47.1 Å². The zero-order valence-electron chi connectivity index (χ0n) is 24.9. The molecule has 5 aliphatic carbocycles. The van der Waals surface area contributed by atoms with Crippen molar-refractivity contribution in [3.8, 4) is 0 Å². The molecule has 218 valence electrons. The van der Waals surface area contributed by atoms with E-state index in [0.717, 1.165) is 5.57 Å². The van der Waals surface area contributed by atoms with Crippen molar-refractivity contribution in [1.29, 1.82) is 0 Å². The molecule has 0 unspecified atom stereocenters. The van der Waals surface area contributed by atoms with Crippen LogP contribution in [0.15, 0.2) is 11.6 Å². The van der Waals surface area contributed by atoms with Crippen LogP contribution in [0, 0.1) is 56.7 Å². The number of esters is 1. The van der Waals surface area contributed by atoms with Crippen LogP contribution in [0.25, 0.3) is 0 Å². The minimum absolute atomic E-state index is 0.0401. The monoisotopic (exact) mass is 544 g/mol. The predicted molar refractivity (Wildman–Crippen MR) is 145 cm³/mol. The summed E-state index contributed by atoms with van der Waals surface area (Å²) in [5, 5.41) is 33.4. The fourth-order valence-electron chi connectivity index (χ4n) is 11.3. The van der Waals surface area contributed by atoms with Gasteiger partial charge in [-0.2, -0.15) is 0 Å². The Morgan fingerprint density at radius 2 is 1.62 bits per heavy atom. The molecule has 3 N–H and O–H groups in total. The summed E-state index contributed by atoms with van der Waals surface area (Å²) in [6.45, 7) is 15.8. The number of fused-ring (bicyclic) bond motifs is 7. The van der Waals surface area contributed by atoms with E-state index in [1.807, 2.05) is 6.08 Å². The number of ketones is 1.